The van der Waals surface area contributed by atoms with Crippen LogP contribution in [0.4, 0.5) is 4.79 Å². The molecular weight excluding hydrogens is 292 g/mol. The molecule has 1 saturated carbocycles. The van der Waals surface area contributed by atoms with E-state index in [0.29, 0.717) is 12.1 Å². The summed E-state index contributed by atoms with van der Waals surface area (Å²) in [5.41, 5.74) is -0.325. The topological polar surface area (TPSA) is 53.0 Å². The molecule has 0 bridgehead atoms. The fourth-order valence-corrected chi connectivity index (χ4v) is 4.31. The minimum Gasteiger partial charge on any atom is -0.465 e. The Morgan fingerprint density at radius 1 is 1.13 bits per heavy atom. The molecule has 1 aliphatic carbocycles. The SMILES string of the molecule is CCOC1CCC(N2CCC(N(C(=O)O)C(C)(C)C)CC2)CC1. The molecule has 23 heavy (non-hydrogen) atoms. The predicted molar refractivity (Wildman–Crippen MR) is 91.9 cm³/mol. The Morgan fingerprint density at radius 3 is 2.13 bits per heavy atom. The van der Waals surface area contributed by atoms with Crippen LogP contribution in [0.25, 0.3) is 0 Å². The highest BCUT2D eigenvalue weighted by atomic mass is 16.5. The van der Waals surface area contributed by atoms with Crippen molar-refractivity contribution in [3.63, 3.8) is 0 Å². The second-order valence-corrected chi connectivity index (χ2v) is 7.98. The standard InChI is InChI=1S/C18H34N2O3/c1-5-23-16-8-6-14(7-9-16)19-12-10-15(11-13-19)20(17(21)22)18(2,3)4/h14-16H,5-13H2,1-4H3,(H,21,22). The van der Waals surface area contributed by atoms with Crippen LogP contribution in [0, 0.1) is 0 Å². The van der Waals surface area contributed by atoms with Crippen molar-refractivity contribution in [1.29, 1.82) is 0 Å². The molecule has 1 aliphatic heterocycles. The molecule has 2 fully saturated rings. The van der Waals surface area contributed by atoms with Crippen LogP contribution in [0.2, 0.25) is 0 Å². The number of piperidine rings is 1. The van der Waals surface area contributed by atoms with Gasteiger partial charge in [0.1, 0.15) is 0 Å². The van der Waals surface area contributed by atoms with Gasteiger partial charge in [-0.2, -0.15) is 0 Å². The Hall–Kier alpha value is -0.810. The lowest BCUT2D eigenvalue weighted by molar-refractivity contribution is -0.00244. The van der Waals surface area contributed by atoms with E-state index in [1.807, 2.05) is 20.8 Å². The number of likely N-dealkylation sites (tertiary alicyclic amines) is 1. The molecule has 1 saturated heterocycles. The largest absolute Gasteiger partial charge is 0.465 e. The normalized spacial score (nSPS) is 27.8. The van der Waals surface area contributed by atoms with E-state index in [-0.39, 0.29) is 11.6 Å². The number of carboxylic acid groups (broad SMARTS) is 1. The molecule has 0 unspecified atom stereocenters. The van der Waals surface area contributed by atoms with Crippen LogP contribution >= 0.6 is 0 Å². The molecular formula is C18H34N2O3. The van der Waals surface area contributed by atoms with Gasteiger partial charge < -0.3 is 19.6 Å². The lowest BCUT2D eigenvalue weighted by Crippen LogP contribution is -2.56. The summed E-state index contributed by atoms with van der Waals surface area (Å²) in [6.45, 7) is 10.9. The molecule has 0 spiro atoms. The van der Waals surface area contributed by atoms with E-state index in [9.17, 15) is 9.90 Å². The van der Waals surface area contributed by atoms with Gasteiger partial charge in [0.25, 0.3) is 0 Å². The van der Waals surface area contributed by atoms with Crippen LogP contribution in [0.1, 0.15) is 66.2 Å². The van der Waals surface area contributed by atoms with Gasteiger partial charge in [-0.05, 0) is 66.2 Å². The molecule has 2 rings (SSSR count). The van der Waals surface area contributed by atoms with Gasteiger partial charge in [-0.15, -0.1) is 0 Å². The maximum atomic E-state index is 11.6. The second-order valence-electron chi connectivity index (χ2n) is 7.98. The minimum atomic E-state index is -0.784. The Balaban J connectivity index is 1.83. The van der Waals surface area contributed by atoms with Gasteiger partial charge in [0.05, 0.1) is 6.10 Å². The van der Waals surface area contributed by atoms with E-state index in [1.165, 1.54) is 25.7 Å². The summed E-state index contributed by atoms with van der Waals surface area (Å²) in [4.78, 5) is 15.9. The fraction of sp³-hybridized carbons (Fsp3) is 0.944. The summed E-state index contributed by atoms with van der Waals surface area (Å²) in [5, 5.41) is 9.55. The van der Waals surface area contributed by atoms with E-state index in [4.69, 9.17) is 4.74 Å². The second kappa shape index (κ2) is 7.84. The molecule has 0 aromatic rings. The van der Waals surface area contributed by atoms with E-state index >= 15 is 0 Å². The molecule has 1 heterocycles. The Morgan fingerprint density at radius 2 is 1.70 bits per heavy atom. The van der Waals surface area contributed by atoms with Crippen molar-refractivity contribution in [3.05, 3.63) is 0 Å². The van der Waals surface area contributed by atoms with Gasteiger partial charge in [-0.25, -0.2) is 4.79 Å². The van der Waals surface area contributed by atoms with Crippen LogP contribution in [0.5, 0.6) is 0 Å². The summed E-state index contributed by atoms with van der Waals surface area (Å²) in [5.74, 6) is 0. The molecule has 5 nitrogen and oxygen atoms in total. The van der Waals surface area contributed by atoms with Gasteiger partial charge in [0.2, 0.25) is 0 Å². The third kappa shape index (κ3) is 4.83. The Bertz CT molecular complexity index is 378. The first-order valence-electron chi connectivity index (χ1n) is 9.20. The van der Waals surface area contributed by atoms with E-state index in [0.717, 1.165) is 32.5 Å². The van der Waals surface area contributed by atoms with E-state index < -0.39 is 6.09 Å². The number of hydrogen-bond donors (Lipinski definition) is 1. The van der Waals surface area contributed by atoms with Crippen molar-refractivity contribution in [2.45, 2.75) is 89.9 Å². The van der Waals surface area contributed by atoms with Gasteiger partial charge in [0.15, 0.2) is 0 Å². The summed E-state index contributed by atoms with van der Waals surface area (Å²) >= 11 is 0. The quantitative estimate of drug-likeness (QED) is 0.858. The number of amides is 1. The van der Waals surface area contributed by atoms with Gasteiger partial charge in [-0.3, -0.25) is 0 Å². The average molecular weight is 326 g/mol. The van der Waals surface area contributed by atoms with Crippen LogP contribution in [-0.4, -0.2) is 64.4 Å². The lowest BCUT2D eigenvalue weighted by Gasteiger charge is -2.46. The minimum absolute atomic E-state index is 0.156. The number of carbonyl (C=O) groups is 1. The highest BCUT2D eigenvalue weighted by Crippen LogP contribution is 2.30. The van der Waals surface area contributed by atoms with E-state index in [2.05, 4.69) is 11.8 Å². The molecule has 2 aliphatic rings. The molecule has 1 amide bonds. The van der Waals surface area contributed by atoms with Crippen LogP contribution in [-0.2, 0) is 4.74 Å². The third-order valence-electron chi connectivity index (χ3n) is 5.36. The first-order chi connectivity index (χ1) is 10.8. The molecule has 0 aromatic carbocycles. The fourth-order valence-electron chi connectivity index (χ4n) is 4.31. The van der Waals surface area contributed by atoms with Crippen LogP contribution < -0.4 is 0 Å². The van der Waals surface area contributed by atoms with Crippen molar-refractivity contribution < 1.29 is 14.6 Å². The summed E-state index contributed by atoms with van der Waals surface area (Å²) in [7, 11) is 0. The maximum Gasteiger partial charge on any atom is 0.407 e. The Kier molecular flexibility index (Phi) is 6.32. The summed E-state index contributed by atoms with van der Waals surface area (Å²) < 4.78 is 5.74. The average Bonchev–Trinajstić information content (AvgIpc) is 2.47. The van der Waals surface area contributed by atoms with Crippen molar-refractivity contribution >= 4 is 6.09 Å². The van der Waals surface area contributed by atoms with Crippen LogP contribution in [0.15, 0.2) is 0 Å². The molecule has 5 heteroatoms. The molecule has 0 radical (unpaired) electrons. The number of ether oxygens (including phenoxy) is 1. The van der Waals surface area contributed by atoms with Crippen molar-refractivity contribution in [2.75, 3.05) is 19.7 Å². The Labute approximate surface area is 141 Å². The number of hydrogen-bond acceptors (Lipinski definition) is 3. The summed E-state index contributed by atoms with van der Waals surface area (Å²) in [6, 6.07) is 0.823. The zero-order chi connectivity index (χ0) is 17.0. The van der Waals surface area contributed by atoms with Gasteiger partial charge >= 0.3 is 6.09 Å². The molecule has 0 atom stereocenters. The first kappa shape index (κ1) is 18.5. The van der Waals surface area contributed by atoms with Gasteiger partial charge in [-0.1, -0.05) is 0 Å². The van der Waals surface area contributed by atoms with Crippen LogP contribution in [0.3, 0.4) is 0 Å². The maximum absolute atomic E-state index is 11.6. The highest BCUT2D eigenvalue weighted by Gasteiger charge is 2.36. The van der Waals surface area contributed by atoms with Gasteiger partial charge in [0, 0.05) is 37.3 Å². The zero-order valence-electron chi connectivity index (χ0n) is 15.3. The molecule has 0 aromatic heterocycles. The lowest BCUT2D eigenvalue weighted by atomic mass is 9.89. The predicted octanol–water partition coefficient (Wildman–Crippen LogP) is 3.58. The highest BCUT2D eigenvalue weighted by molar-refractivity contribution is 5.66. The first-order valence-corrected chi connectivity index (χ1v) is 9.20. The van der Waals surface area contributed by atoms with Crippen molar-refractivity contribution in [2.24, 2.45) is 0 Å². The van der Waals surface area contributed by atoms with E-state index in [1.54, 1.807) is 4.90 Å². The molecule has 1 N–H and O–H groups in total. The van der Waals surface area contributed by atoms with Crippen molar-refractivity contribution in [3.8, 4) is 0 Å². The van der Waals surface area contributed by atoms with Crippen molar-refractivity contribution in [1.82, 2.24) is 9.80 Å². The summed E-state index contributed by atoms with van der Waals surface area (Å²) in [6.07, 6.45) is 6.35. The number of nitrogens with zero attached hydrogens (tertiary/aromatic N) is 2. The third-order valence-corrected chi connectivity index (χ3v) is 5.36. The zero-order valence-corrected chi connectivity index (χ0v) is 15.3. The number of rotatable bonds is 4. The smallest absolute Gasteiger partial charge is 0.407 e. The molecule has 134 valence electrons. The monoisotopic (exact) mass is 326 g/mol.